The lowest BCUT2D eigenvalue weighted by Crippen LogP contribution is -2.32. The van der Waals surface area contributed by atoms with Gasteiger partial charge in [0.2, 0.25) is 5.91 Å². The van der Waals surface area contributed by atoms with Crippen molar-refractivity contribution in [3.63, 3.8) is 0 Å². The van der Waals surface area contributed by atoms with E-state index in [9.17, 15) is 4.79 Å². The molecule has 0 spiro atoms. The molecule has 5 heteroatoms. The monoisotopic (exact) mass is 267 g/mol. The van der Waals surface area contributed by atoms with Crippen molar-refractivity contribution < 1.29 is 4.79 Å². The summed E-state index contributed by atoms with van der Waals surface area (Å²) in [6.45, 7) is 6.23. The normalized spacial score (nSPS) is 18.2. The molecule has 0 radical (unpaired) electrons. The van der Waals surface area contributed by atoms with Crippen LogP contribution in [0.1, 0.15) is 38.8 Å². The lowest BCUT2D eigenvalue weighted by Gasteiger charge is -2.26. The molecule has 1 aromatic heterocycles. The number of rotatable bonds is 4. The van der Waals surface area contributed by atoms with Crippen molar-refractivity contribution in [3.8, 4) is 0 Å². The Morgan fingerprint density at radius 2 is 2.28 bits per heavy atom. The smallest absolute Gasteiger partial charge is 0.228 e. The van der Waals surface area contributed by atoms with E-state index < -0.39 is 0 Å². The molecule has 2 N–H and O–H groups in total. The summed E-state index contributed by atoms with van der Waals surface area (Å²) in [4.78, 5) is 18.3. The second-order valence-corrected chi connectivity index (χ2v) is 6.02. The van der Waals surface area contributed by atoms with Crippen LogP contribution in [0.2, 0.25) is 0 Å². The SMILES string of the molecule is CCC1(CC)CCN(C(=O)Cc2csc(N)n2)C1. The van der Waals surface area contributed by atoms with E-state index in [2.05, 4.69) is 18.8 Å². The molecule has 1 fully saturated rings. The standard InChI is InChI=1S/C13H21N3OS/c1-3-13(4-2)5-6-16(9-13)11(17)7-10-8-18-12(14)15-10/h8H,3-7,9H2,1-2H3,(H2,14,15). The van der Waals surface area contributed by atoms with Crippen LogP contribution in [0.3, 0.4) is 0 Å². The zero-order valence-electron chi connectivity index (χ0n) is 11.1. The van der Waals surface area contributed by atoms with Crippen LogP contribution in [0.25, 0.3) is 0 Å². The molecule has 1 amide bonds. The Bertz CT molecular complexity index is 426. The number of hydrogen-bond donors (Lipinski definition) is 1. The predicted octanol–water partition coefficient (Wildman–Crippen LogP) is 2.31. The molecule has 0 bridgehead atoms. The number of carbonyl (C=O) groups is 1. The van der Waals surface area contributed by atoms with Crippen LogP contribution in [-0.2, 0) is 11.2 Å². The topological polar surface area (TPSA) is 59.2 Å². The molecule has 0 atom stereocenters. The van der Waals surface area contributed by atoms with Crippen molar-refractivity contribution in [2.24, 2.45) is 5.41 Å². The van der Waals surface area contributed by atoms with Crippen molar-refractivity contribution in [2.45, 2.75) is 39.5 Å². The molecule has 0 saturated carbocycles. The summed E-state index contributed by atoms with van der Waals surface area (Å²) < 4.78 is 0. The molecule has 0 aliphatic carbocycles. The van der Waals surface area contributed by atoms with Crippen LogP contribution in [0.15, 0.2) is 5.38 Å². The largest absolute Gasteiger partial charge is 0.375 e. The fraction of sp³-hybridized carbons (Fsp3) is 0.692. The molecule has 2 rings (SSSR count). The summed E-state index contributed by atoms with van der Waals surface area (Å²) in [5.74, 6) is 0.184. The van der Waals surface area contributed by atoms with E-state index in [1.807, 2.05) is 10.3 Å². The fourth-order valence-electron chi connectivity index (χ4n) is 2.65. The predicted molar refractivity (Wildman–Crippen MR) is 74.4 cm³/mol. The summed E-state index contributed by atoms with van der Waals surface area (Å²) in [5.41, 5.74) is 6.72. The Kier molecular flexibility index (Phi) is 3.90. The van der Waals surface area contributed by atoms with Crippen molar-refractivity contribution in [1.82, 2.24) is 9.88 Å². The first-order valence-electron chi connectivity index (χ1n) is 6.56. The van der Waals surface area contributed by atoms with E-state index in [0.717, 1.165) is 38.0 Å². The summed E-state index contributed by atoms with van der Waals surface area (Å²) in [6.07, 6.45) is 3.82. The minimum Gasteiger partial charge on any atom is -0.375 e. The van der Waals surface area contributed by atoms with Gasteiger partial charge in [-0.25, -0.2) is 4.98 Å². The van der Waals surface area contributed by atoms with Crippen molar-refractivity contribution in [2.75, 3.05) is 18.8 Å². The first kappa shape index (κ1) is 13.3. The van der Waals surface area contributed by atoms with Gasteiger partial charge < -0.3 is 10.6 Å². The molecule has 1 aromatic rings. The lowest BCUT2D eigenvalue weighted by atomic mass is 9.82. The number of likely N-dealkylation sites (tertiary alicyclic amines) is 1. The number of nitrogens with zero attached hydrogens (tertiary/aromatic N) is 2. The van der Waals surface area contributed by atoms with Gasteiger partial charge in [-0.3, -0.25) is 4.79 Å². The number of nitrogens with two attached hydrogens (primary N) is 1. The Hall–Kier alpha value is -1.10. The Labute approximate surface area is 112 Å². The quantitative estimate of drug-likeness (QED) is 0.910. The molecule has 4 nitrogen and oxygen atoms in total. The number of thiazole rings is 1. The van der Waals surface area contributed by atoms with Gasteiger partial charge in [0.05, 0.1) is 12.1 Å². The van der Waals surface area contributed by atoms with Gasteiger partial charge in [0.25, 0.3) is 0 Å². The highest BCUT2D eigenvalue weighted by Gasteiger charge is 2.36. The summed E-state index contributed by atoms with van der Waals surface area (Å²) in [7, 11) is 0. The molecular weight excluding hydrogens is 246 g/mol. The van der Waals surface area contributed by atoms with Crippen LogP contribution in [0, 0.1) is 5.41 Å². The first-order chi connectivity index (χ1) is 8.58. The van der Waals surface area contributed by atoms with Gasteiger partial charge in [-0.15, -0.1) is 11.3 Å². The van der Waals surface area contributed by atoms with Crippen LogP contribution in [-0.4, -0.2) is 28.9 Å². The number of anilines is 1. The Morgan fingerprint density at radius 3 is 2.78 bits per heavy atom. The van der Waals surface area contributed by atoms with Gasteiger partial charge >= 0.3 is 0 Å². The highest BCUT2D eigenvalue weighted by molar-refractivity contribution is 7.13. The number of hydrogen-bond acceptors (Lipinski definition) is 4. The summed E-state index contributed by atoms with van der Waals surface area (Å²) in [5, 5.41) is 2.41. The molecule has 2 heterocycles. The molecule has 100 valence electrons. The highest BCUT2D eigenvalue weighted by Crippen LogP contribution is 2.37. The summed E-state index contributed by atoms with van der Waals surface area (Å²) >= 11 is 1.39. The zero-order valence-corrected chi connectivity index (χ0v) is 11.9. The number of carbonyl (C=O) groups excluding carboxylic acids is 1. The molecule has 0 aromatic carbocycles. The van der Waals surface area contributed by atoms with E-state index in [0.29, 0.717) is 17.0 Å². The van der Waals surface area contributed by atoms with Crippen LogP contribution < -0.4 is 5.73 Å². The third-order valence-electron chi connectivity index (χ3n) is 4.19. The molecule has 1 aliphatic heterocycles. The number of amides is 1. The van der Waals surface area contributed by atoms with Crippen molar-refractivity contribution in [1.29, 1.82) is 0 Å². The number of aromatic nitrogens is 1. The average Bonchev–Trinajstić information content (AvgIpc) is 2.96. The van der Waals surface area contributed by atoms with Gasteiger partial charge in [0.15, 0.2) is 5.13 Å². The van der Waals surface area contributed by atoms with E-state index in [-0.39, 0.29) is 5.91 Å². The van der Waals surface area contributed by atoms with Crippen LogP contribution in [0.5, 0.6) is 0 Å². The highest BCUT2D eigenvalue weighted by atomic mass is 32.1. The van der Waals surface area contributed by atoms with Gasteiger partial charge in [0.1, 0.15) is 0 Å². The van der Waals surface area contributed by atoms with E-state index in [1.165, 1.54) is 11.3 Å². The minimum absolute atomic E-state index is 0.184. The molecule has 0 unspecified atom stereocenters. The van der Waals surface area contributed by atoms with Gasteiger partial charge in [-0.1, -0.05) is 13.8 Å². The van der Waals surface area contributed by atoms with Crippen LogP contribution in [0.4, 0.5) is 5.13 Å². The van der Waals surface area contributed by atoms with E-state index >= 15 is 0 Å². The third-order valence-corrected chi connectivity index (χ3v) is 4.92. The second-order valence-electron chi connectivity index (χ2n) is 5.13. The number of nitrogen functional groups attached to an aromatic ring is 1. The first-order valence-corrected chi connectivity index (χ1v) is 7.44. The van der Waals surface area contributed by atoms with Gasteiger partial charge in [-0.05, 0) is 24.7 Å². The Morgan fingerprint density at radius 1 is 1.56 bits per heavy atom. The second kappa shape index (κ2) is 5.26. The van der Waals surface area contributed by atoms with E-state index in [4.69, 9.17) is 5.73 Å². The minimum atomic E-state index is 0.184. The fourth-order valence-corrected chi connectivity index (χ4v) is 3.21. The van der Waals surface area contributed by atoms with Crippen molar-refractivity contribution in [3.05, 3.63) is 11.1 Å². The van der Waals surface area contributed by atoms with Gasteiger partial charge in [-0.2, -0.15) is 0 Å². The average molecular weight is 267 g/mol. The van der Waals surface area contributed by atoms with Gasteiger partial charge in [0, 0.05) is 18.5 Å². The molecular formula is C13H21N3OS. The summed E-state index contributed by atoms with van der Waals surface area (Å²) in [6, 6.07) is 0. The maximum absolute atomic E-state index is 12.2. The van der Waals surface area contributed by atoms with E-state index in [1.54, 1.807) is 0 Å². The molecule has 1 saturated heterocycles. The maximum Gasteiger partial charge on any atom is 0.228 e. The molecule has 18 heavy (non-hydrogen) atoms. The lowest BCUT2D eigenvalue weighted by molar-refractivity contribution is -0.129. The third kappa shape index (κ3) is 2.66. The molecule has 1 aliphatic rings. The Balaban J connectivity index is 1.95. The van der Waals surface area contributed by atoms with Crippen molar-refractivity contribution >= 4 is 22.4 Å². The van der Waals surface area contributed by atoms with Crippen LogP contribution >= 0.6 is 11.3 Å². The zero-order chi connectivity index (χ0) is 13.2. The maximum atomic E-state index is 12.2.